The van der Waals surface area contributed by atoms with Crippen molar-refractivity contribution in [2.24, 2.45) is 5.92 Å². The van der Waals surface area contributed by atoms with Gasteiger partial charge in [0.05, 0.1) is 0 Å². The SMILES string of the molecule is Cc1ccc(CCC(=O)NCCC2CCN(C)CC2)cc1. The first kappa shape index (κ1) is 16.0. The Hall–Kier alpha value is -1.35. The molecule has 0 atom stereocenters. The average molecular weight is 288 g/mol. The van der Waals surface area contributed by atoms with Crippen molar-refractivity contribution in [2.45, 2.75) is 39.0 Å². The van der Waals surface area contributed by atoms with Crippen LogP contribution in [0.2, 0.25) is 0 Å². The van der Waals surface area contributed by atoms with Gasteiger partial charge < -0.3 is 10.2 Å². The molecule has 1 aliphatic heterocycles. The van der Waals surface area contributed by atoms with Gasteiger partial charge in [-0.2, -0.15) is 0 Å². The third kappa shape index (κ3) is 5.88. The zero-order valence-corrected chi connectivity index (χ0v) is 13.4. The topological polar surface area (TPSA) is 32.3 Å². The molecule has 1 heterocycles. The molecular weight excluding hydrogens is 260 g/mol. The molecule has 0 aromatic heterocycles. The van der Waals surface area contributed by atoms with Gasteiger partial charge in [-0.25, -0.2) is 0 Å². The summed E-state index contributed by atoms with van der Waals surface area (Å²) in [4.78, 5) is 14.2. The fraction of sp³-hybridized carbons (Fsp3) is 0.611. The highest BCUT2D eigenvalue weighted by Gasteiger charge is 2.16. The van der Waals surface area contributed by atoms with E-state index in [1.165, 1.54) is 37.1 Å². The molecule has 1 aromatic carbocycles. The molecule has 1 saturated heterocycles. The van der Waals surface area contributed by atoms with Gasteiger partial charge in [-0.15, -0.1) is 0 Å². The summed E-state index contributed by atoms with van der Waals surface area (Å²) in [5, 5.41) is 3.07. The number of nitrogens with zero attached hydrogens (tertiary/aromatic N) is 1. The molecule has 1 amide bonds. The minimum atomic E-state index is 0.184. The van der Waals surface area contributed by atoms with Gasteiger partial charge in [0.25, 0.3) is 0 Å². The van der Waals surface area contributed by atoms with E-state index in [9.17, 15) is 4.79 Å². The van der Waals surface area contributed by atoms with Crippen molar-refractivity contribution < 1.29 is 4.79 Å². The Morgan fingerprint density at radius 1 is 1.24 bits per heavy atom. The molecule has 1 fully saturated rings. The smallest absolute Gasteiger partial charge is 0.220 e. The van der Waals surface area contributed by atoms with Crippen LogP contribution in [0.3, 0.4) is 0 Å². The summed E-state index contributed by atoms with van der Waals surface area (Å²) >= 11 is 0. The van der Waals surface area contributed by atoms with Crippen molar-refractivity contribution in [3.63, 3.8) is 0 Å². The summed E-state index contributed by atoms with van der Waals surface area (Å²) in [5.41, 5.74) is 2.51. The molecule has 0 saturated carbocycles. The number of carbonyl (C=O) groups is 1. The maximum absolute atomic E-state index is 11.9. The molecule has 3 nitrogen and oxygen atoms in total. The highest BCUT2D eigenvalue weighted by Crippen LogP contribution is 2.18. The number of hydrogen-bond donors (Lipinski definition) is 1. The molecule has 116 valence electrons. The van der Waals surface area contributed by atoms with E-state index in [2.05, 4.69) is 48.5 Å². The van der Waals surface area contributed by atoms with Crippen LogP contribution < -0.4 is 5.32 Å². The normalized spacial score (nSPS) is 16.9. The van der Waals surface area contributed by atoms with E-state index in [-0.39, 0.29) is 5.91 Å². The van der Waals surface area contributed by atoms with Crippen molar-refractivity contribution in [1.29, 1.82) is 0 Å². The van der Waals surface area contributed by atoms with E-state index >= 15 is 0 Å². The first-order valence-corrected chi connectivity index (χ1v) is 8.14. The predicted molar refractivity (Wildman–Crippen MR) is 87.3 cm³/mol. The van der Waals surface area contributed by atoms with Gasteiger partial charge in [-0.05, 0) is 64.2 Å². The molecule has 0 spiro atoms. The van der Waals surface area contributed by atoms with Crippen LogP contribution in [0.25, 0.3) is 0 Å². The lowest BCUT2D eigenvalue weighted by molar-refractivity contribution is -0.121. The van der Waals surface area contributed by atoms with Crippen LogP contribution in [0.5, 0.6) is 0 Å². The van der Waals surface area contributed by atoms with Crippen molar-refractivity contribution in [2.75, 3.05) is 26.7 Å². The van der Waals surface area contributed by atoms with Crippen LogP contribution in [0.15, 0.2) is 24.3 Å². The zero-order valence-electron chi connectivity index (χ0n) is 13.4. The molecule has 3 heteroatoms. The number of hydrogen-bond acceptors (Lipinski definition) is 2. The Morgan fingerprint density at radius 3 is 2.57 bits per heavy atom. The summed E-state index contributed by atoms with van der Waals surface area (Å²) < 4.78 is 0. The molecule has 0 radical (unpaired) electrons. The van der Waals surface area contributed by atoms with Crippen LogP contribution in [0.4, 0.5) is 0 Å². The van der Waals surface area contributed by atoms with Gasteiger partial charge in [0.15, 0.2) is 0 Å². The van der Waals surface area contributed by atoms with Crippen LogP contribution in [0, 0.1) is 12.8 Å². The van der Waals surface area contributed by atoms with Gasteiger partial charge >= 0.3 is 0 Å². The molecule has 1 N–H and O–H groups in total. The Labute approximate surface area is 128 Å². The summed E-state index contributed by atoms with van der Waals surface area (Å²) in [6.07, 6.45) is 5.10. The van der Waals surface area contributed by atoms with E-state index in [1.807, 2.05) is 0 Å². The molecule has 21 heavy (non-hydrogen) atoms. The highest BCUT2D eigenvalue weighted by molar-refractivity contribution is 5.76. The average Bonchev–Trinajstić information content (AvgIpc) is 2.49. The molecule has 1 aliphatic rings. The Bertz CT molecular complexity index is 433. The molecule has 0 unspecified atom stereocenters. The standard InChI is InChI=1S/C18H28N2O/c1-15-3-5-16(6-4-15)7-8-18(21)19-12-9-17-10-13-20(2)14-11-17/h3-6,17H,7-14H2,1-2H3,(H,19,21). The van der Waals surface area contributed by atoms with Crippen LogP contribution in [-0.4, -0.2) is 37.5 Å². The Kier molecular flexibility index (Phi) is 6.24. The van der Waals surface area contributed by atoms with E-state index in [1.54, 1.807) is 0 Å². The quantitative estimate of drug-likeness (QED) is 0.873. The highest BCUT2D eigenvalue weighted by atomic mass is 16.1. The van der Waals surface area contributed by atoms with Crippen molar-refractivity contribution in [3.05, 3.63) is 35.4 Å². The maximum Gasteiger partial charge on any atom is 0.220 e. The summed E-state index contributed by atoms with van der Waals surface area (Å²) in [6.45, 7) is 5.32. The number of nitrogens with one attached hydrogen (secondary N) is 1. The van der Waals surface area contributed by atoms with Crippen LogP contribution >= 0.6 is 0 Å². The molecule has 2 rings (SSSR count). The van der Waals surface area contributed by atoms with Crippen molar-refractivity contribution in [3.8, 4) is 0 Å². The van der Waals surface area contributed by atoms with E-state index in [4.69, 9.17) is 0 Å². The lowest BCUT2D eigenvalue weighted by Gasteiger charge is -2.28. The van der Waals surface area contributed by atoms with E-state index in [0.717, 1.165) is 25.3 Å². The Balaban J connectivity index is 1.58. The first-order chi connectivity index (χ1) is 10.1. The lowest BCUT2D eigenvalue weighted by Crippen LogP contribution is -2.32. The van der Waals surface area contributed by atoms with E-state index in [0.29, 0.717) is 6.42 Å². The number of likely N-dealkylation sites (tertiary alicyclic amines) is 1. The summed E-state index contributed by atoms with van der Waals surface area (Å²) in [6, 6.07) is 8.43. The third-order valence-corrected chi connectivity index (χ3v) is 4.47. The number of piperidine rings is 1. The van der Waals surface area contributed by atoms with Gasteiger partial charge in [0, 0.05) is 13.0 Å². The minimum Gasteiger partial charge on any atom is -0.356 e. The zero-order chi connectivity index (χ0) is 15.1. The summed E-state index contributed by atoms with van der Waals surface area (Å²) in [5.74, 6) is 0.974. The largest absolute Gasteiger partial charge is 0.356 e. The van der Waals surface area contributed by atoms with Crippen molar-refractivity contribution in [1.82, 2.24) is 10.2 Å². The first-order valence-electron chi connectivity index (χ1n) is 8.14. The number of aryl methyl sites for hydroxylation is 2. The van der Waals surface area contributed by atoms with Crippen LogP contribution in [0.1, 0.15) is 36.8 Å². The predicted octanol–water partition coefficient (Wildman–Crippen LogP) is 2.78. The fourth-order valence-electron chi connectivity index (χ4n) is 2.87. The maximum atomic E-state index is 11.9. The molecule has 0 bridgehead atoms. The Morgan fingerprint density at radius 2 is 1.90 bits per heavy atom. The number of amides is 1. The van der Waals surface area contributed by atoms with Gasteiger partial charge in [0.1, 0.15) is 0 Å². The number of rotatable bonds is 6. The molecular formula is C18H28N2O. The van der Waals surface area contributed by atoms with Crippen molar-refractivity contribution >= 4 is 5.91 Å². The fourth-order valence-corrected chi connectivity index (χ4v) is 2.87. The number of carbonyl (C=O) groups excluding carboxylic acids is 1. The third-order valence-electron chi connectivity index (χ3n) is 4.47. The minimum absolute atomic E-state index is 0.184. The monoisotopic (exact) mass is 288 g/mol. The second-order valence-corrected chi connectivity index (χ2v) is 6.37. The molecule has 0 aliphatic carbocycles. The molecule has 1 aromatic rings. The van der Waals surface area contributed by atoms with Crippen LogP contribution in [-0.2, 0) is 11.2 Å². The van der Waals surface area contributed by atoms with Gasteiger partial charge in [0.2, 0.25) is 5.91 Å². The second kappa shape index (κ2) is 8.18. The van der Waals surface area contributed by atoms with E-state index < -0.39 is 0 Å². The van der Waals surface area contributed by atoms with Gasteiger partial charge in [-0.1, -0.05) is 29.8 Å². The second-order valence-electron chi connectivity index (χ2n) is 6.37. The lowest BCUT2D eigenvalue weighted by atomic mass is 9.94. The summed E-state index contributed by atoms with van der Waals surface area (Å²) in [7, 11) is 2.18. The number of benzene rings is 1. The van der Waals surface area contributed by atoms with Gasteiger partial charge in [-0.3, -0.25) is 4.79 Å².